The van der Waals surface area contributed by atoms with Gasteiger partial charge in [0.2, 0.25) is 5.91 Å². The van der Waals surface area contributed by atoms with E-state index in [-0.39, 0.29) is 5.41 Å². The molecule has 0 aromatic rings. The molecular weight excluding hydrogens is 204 g/mol. The number of carbonyl (C=O) groups excluding carboxylic acids is 1. The Balaban J connectivity index is 1.82. The molecule has 0 spiro atoms. The van der Waals surface area contributed by atoms with E-state index in [0.29, 0.717) is 18.4 Å². The molecule has 0 atom stereocenters. The summed E-state index contributed by atoms with van der Waals surface area (Å²) in [4.78, 5) is 14.2. The molecule has 4 heteroatoms. The summed E-state index contributed by atoms with van der Waals surface area (Å²) in [5.74, 6) is 0.924. The molecule has 2 fully saturated rings. The van der Waals surface area contributed by atoms with Gasteiger partial charge < -0.3 is 15.4 Å². The molecule has 16 heavy (non-hydrogen) atoms. The van der Waals surface area contributed by atoms with E-state index in [1.165, 1.54) is 0 Å². The fraction of sp³-hybridized carbons (Fsp3) is 0.917. The number of hydrogen-bond acceptors (Lipinski definition) is 3. The van der Waals surface area contributed by atoms with Crippen molar-refractivity contribution in [2.75, 3.05) is 33.4 Å². The molecule has 2 N–H and O–H groups in total. The Hall–Kier alpha value is -0.610. The molecule has 1 saturated heterocycles. The van der Waals surface area contributed by atoms with Crippen molar-refractivity contribution >= 4 is 5.91 Å². The minimum atomic E-state index is -0.173. The Labute approximate surface area is 97.1 Å². The molecule has 0 unspecified atom stereocenters. The average Bonchev–Trinajstić information content (AvgIpc) is 3.10. The molecule has 0 aromatic heterocycles. The van der Waals surface area contributed by atoms with Crippen molar-refractivity contribution in [1.82, 2.24) is 4.90 Å². The molecule has 2 aliphatic rings. The van der Waals surface area contributed by atoms with Crippen molar-refractivity contribution in [3.05, 3.63) is 0 Å². The Morgan fingerprint density at radius 3 is 2.50 bits per heavy atom. The number of methoxy groups -OCH3 is 1. The van der Waals surface area contributed by atoms with Gasteiger partial charge in [-0.25, -0.2) is 0 Å². The second-order valence-corrected chi connectivity index (χ2v) is 5.18. The quantitative estimate of drug-likeness (QED) is 0.764. The number of rotatable bonds is 4. The highest BCUT2D eigenvalue weighted by molar-refractivity contribution is 5.85. The topological polar surface area (TPSA) is 55.6 Å². The van der Waals surface area contributed by atoms with E-state index in [4.69, 9.17) is 10.5 Å². The summed E-state index contributed by atoms with van der Waals surface area (Å²) in [6, 6.07) is 0. The molecule has 1 heterocycles. The van der Waals surface area contributed by atoms with Gasteiger partial charge in [-0.3, -0.25) is 4.79 Å². The van der Waals surface area contributed by atoms with Gasteiger partial charge in [-0.05, 0) is 31.6 Å². The molecule has 1 saturated carbocycles. The Bertz CT molecular complexity index is 256. The van der Waals surface area contributed by atoms with Gasteiger partial charge in [0.05, 0.1) is 5.41 Å². The molecule has 1 aliphatic carbocycles. The Morgan fingerprint density at radius 1 is 1.44 bits per heavy atom. The predicted molar refractivity (Wildman–Crippen MR) is 61.9 cm³/mol. The van der Waals surface area contributed by atoms with Crippen molar-refractivity contribution in [3.63, 3.8) is 0 Å². The van der Waals surface area contributed by atoms with Gasteiger partial charge in [-0.1, -0.05) is 0 Å². The first-order valence-corrected chi connectivity index (χ1v) is 6.20. The fourth-order valence-corrected chi connectivity index (χ4v) is 2.53. The molecule has 0 aromatic carbocycles. The van der Waals surface area contributed by atoms with Crippen LogP contribution < -0.4 is 5.73 Å². The fourth-order valence-electron chi connectivity index (χ4n) is 2.53. The van der Waals surface area contributed by atoms with Crippen LogP contribution in [0.3, 0.4) is 0 Å². The van der Waals surface area contributed by atoms with Gasteiger partial charge in [0.25, 0.3) is 0 Å². The lowest BCUT2D eigenvalue weighted by Gasteiger charge is -2.34. The lowest BCUT2D eigenvalue weighted by molar-refractivity contribution is -0.138. The highest BCUT2D eigenvalue weighted by Gasteiger charge is 2.50. The van der Waals surface area contributed by atoms with E-state index in [0.717, 1.165) is 45.4 Å². The van der Waals surface area contributed by atoms with Crippen molar-refractivity contribution < 1.29 is 9.53 Å². The SMILES string of the molecule is COCC1CCN(C(=O)C2(CN)CC2)CC1. The molecule has 1 aliphatic heterocycles. The van der Waals surface area contributed by atoms with Crippen LogP contribution >= 0.6 is 0 Å². The molecule has 4 nitrogen and oxygen atoms in total. The Kier molecular flexibility index (Phi) is 3.50. The van der Waals surface area contributed by atoms with E-state index in [2.05, 4.69) is 0 Å². The second kappa shape index (κ2) is 4.72. The second-order valence-electron chi connectivity index (χ2n) is 5.18. The van der Waals surface area contributed by atoms with Gasteiger partial charge in [0, 0.05) is 33.4 Å². The van der Waals surface area contributed by atoms with Gasteiger partial charge in [0.1, 0.15) is 0 Å². The first-order valence-electron chi connectivity index (χ1n) is 6.20. The summed E-state index contributed by atoms with van der Waals surface area (Å²) in [6.07, 6.45) is 4.11. The van der Waals surface area contributed by atoms with Crippen LogP contribution in [0.25, 0.3) is 0 Å². The molecule has 1 amide bonds. The highest BCUT2D eigenvalue weighted by Crippen LogP contribution is 2.46. The summed E-state index contributed by atoms with van der Waals surface area (Å²) in [7, 11) is 1.74. The molecular formula is C12H22N2O2. The van der Waals surface area contributed by atoms with Crippen molar-refractivity contribution in [2.45, 2.75) is 25.7 Å². The normalized spacial score (nSPS) is 24.5. The maximum atomic E-state index is 12.2. The molecule has 0 bridgehead atoms. The van der Waals surface area contributed by atoms with Crippen LogP contribution in [0.5, 0.6) is 0 Å². The highest BCUT2D eigenvalue weighted by atomic mass is 16.5. The number of nitrogens with zero attached hydrogens (tertiary/aromatic N) is 1. The maximum Gasteiger partial charge on any atom is 0.230 e. The monoisotopic (exact) mass is 226 g/mol. The number of piperidine rings is 1. The third-order valence-corrected chi connectivity index (χ3v) is 4.00. The Morgan fingerprint density at radius 2 is 2.06 bits per heavy atom. The van der Waals surface area contributed by atoms with Crippen molar-refractivity contribution in [1.29, 1.82) is 0 Å². The standard InChI is InChI=1S/C12H22N2O2/c1-16-8-10-2-6-14(7-3-10)11(15)12(9-13)4-5-12/h10H,2-9,13H2,1H3. The van der Waals surface area contributed by atoms with Crippen LogP contribution in [0.1, 0.15) is 25.7 Å². The van der Waals surface area contributed by atoms with Crippen molar-refractivity contribution in [2.24, 2.45) is 17.1 Å². The van der Waals surface area contributed by atoms with E-state index in [9.17, 15) is 4.79 Å². The zero-order chi connectivity index (χ0) is 11.6. The zero-order valence-corrected chi connectivity index (χ0v) is 10.1. The maximum absolute atomic E-state index is 12.2. The van der Waals surface area contributed by atoms with Crippen LogP contribution in [0, 0.1) is 11.3 Å². The number of likely N-dealkylation sites (tertiary alicyclic amines) is 1. The number of carbonyl (C=O) groups is 1. The summed E-state index contributed by atoms with van der Waals surface area (Å²) >= 11 is 0. The van der Waals surface area contributed by atoms with Crippen LogP contribution in [0.15, 0.2) is 0 Å². The molecule has 2 rings (SSSR count). The lowest BCUT2D eigenvalue weighted by atomic mass is 9.96. The minimum Gasteiger partial charge on any atom is -0.384 e. The first-order chi connectivity index (χ1) is 7.72. The third kappa shape index (κ3) is 2.23. The van der Waals surface area contributed by atoms with Crippen LogP contribution in [0.2, 0.25) is 0 Å². The number of ether oxygens (including phenoxy) is 1. The zero-order valence-electron chi connectivity index (χ0n) is 10.1. The van der Waals surface area contributed by atoms with Crippen molar-refractivity contribution in [3.8, 4) is 0 Å². The number of amides is 1. The summed E-state index contributed by atoms with van der Waals surface area (Å²) in [6.45, 7) is 3.11. The van der Waals surface area contributed by atoms with Crippen LogP contribution in [-0.4, -0.2) is 44.2 Å². The smallest absolute Gasteiger partial charge is 0.230 e. The van der Waals surface area contributed by atoms with Gasteiger partial charge in [-0.15, -0.1) is 0 Å². The third-order valence-electron chi connectivity index (χ3n) is 4.00. The van der Waals surface area contributed by atoms with E-state index in [1.807, 2.05) is 4.90 Å². The largest absolute Gasteiger partial charge is 0.384 e. The van der Waals surface area contributed by atoms with E-state index < -0.39 is 0 Å². The molecule has 92 valence electrons. The molecule has 0 radical (unpaired) electrons. The number of nitrogens with two attached hydrogens (primary N) is 1. The summed E-state index contributed by atoms with van der Waals surface area (Å²) in [5, 5.41) is 0. The average molecular weight is 226 g/mol. The predicted octanol–water partition coefficient (Wildman–Crippen LogP) is 0.610. The van der Waals surface area contributed by atoms with E-state index >= 15 is 0 Å². The minimum absolute atomic E-state index is 0.173. The van der Waals surface area contributed by atoms with Crippen LogP contribution in [-0.2, 0) is 9.53 Å². The van der Waals surface area contributed by atoms with Gasteiger partial charge in [0.15, 0.2) is 0 Å². The van der Waals surface area contributed by atoms with Crippen LogP contribution in [0.4, 0.5) is 0 Å². The lowest BCUT2D eigenvalue weighted by Crippen LogP contribution is -2.45. The van der Waals surface area contributed by atoms with Gasteiger partial charge >= 0.3 is 0 Å². The summed E-state index contributed by atoms with van der Waals surface area (Å²) in [5.41, 5.74) is 5.51. The number of hydrogen-bond donors (Lipinski definition) is 1. The first kappa shape index (κ1) is 11.9. The van der Waals surface area contributed by atoms with E-state index in [1.54, 1.807) is 7.11 Å². The van der Waals surface area contributed by atoms with Gasteiger partial charge in [-0.2, -0.15) is 0 Å². The summed E-state index contributed by atoms with van der Waals surface area (Å²) < 4.78 is 5.15.